The van der Waals surface area contributed by atoms with Crippen LogP contribution in [-0.4, -0.2) is 4.98 Å². The van der Waals surface area contributed by atoms with E-state index in [4.69, 9.17) is 5.26 Å². The van der Waals surface area contributed by atoms with Crippen molar-refractivity contribution < 1.29 is 0 Å². The lowest BCUT2D eigenvalue weighted by atomic mass is 9.81. The maximum absolute atomic E-state index is 8.91. The minimum atomic E-state index is 0.539. The number of nitrogens with zero attached hydrogens (tertiary/aromatic N) is 2. The molecule has 1 saturated carbocycles. The first-order chi connectivity index (χ1) is 7.92. The predicted octanol–water partition coefficient (Wildman–Crippen LogP) is 3.66. The molecule has 0 N–H and O–H groups in total. The van der Waals surface area contributed by atoms with E-state index in [1.807, 2.05) is 18.5 Å². The summed E-state index contributed by atoms with van der Waals surface area (Å²) in [5.74, 6) is 1.09. The summed E-state index contributed by atoms with van der Waals surface area (Å²) in [6.45, 7) is 0. The molecule has 2 unspecified atom stereocenters. The average molecular weight is 214 g/mol. The quantitative estimate of drug-likeness (QED) is 0.704. The zero-order valence-electron chi connectivity index (χ0n) is 9.60. The maximum Gasteiger partial charge on any atom is 0.0624 e. The van der Waals surface area contributed by atoms with Crippen LogP contribution < -0.4 is 0 Å². The van der Waals surface area contributed by atoms with Crippen molar-refractivity contribution in [3.05, 3.63) is 30.1 Å². The van der Waals surface area contributed by atoms with Gasteiger partial charge in [0.2, 0.25) is 0 Å². The molecular weight excluding hydrogens is 196 g/mol. The van der Waals surface area contributed by atoms with E-state index in [-0.39, 0.29) is 0 Å². The van der Waals surface area contributed by atoms with Crippen molar-refractivity contribution >= 4 is 0 Å². The third kappa shape index (κ3) is 2.61. The molecule has 0 aromatic carbocycles. The van der Waals surface area contributed by atoms with Crippen molar-refractivity contribution in [2.24, 2.45) is 5.92 Å². The summed E-state index contributed by atoms with van der Waals surface area (Å²) in [5.41, 5.74) is 1.32. The van der Waals surface area contributed by atoms with Crippen LogP contribution in [0.1, 0.15) is 50.0 Å². The second-order valence-corrected chi connectivity index (χ2v) is 4.65. The van der Waals surface area contributed by atoms with Crippen molar-refractivity contribution in [1.29, 1.82) is 5.26 Å². The Bertz CT molecular complexity index is 353. The van der Waals surface area contributed by atoms with Gasteiger partial charge < -0.3 is 0 Å². The molecule has 1 aliphatic rings. The van der Waals surface area contributed by atoms with Crippen LogP contribution in [0.15, 0.2) is 24.5 Å². The van der Waals surface area contributed by atoms with E-state index in [0.717, 1.165) is 0 Å². The molecule has 1 aromatic rings. The van der Waals surface area contributed by atoms with Crippen molar-refractivity contribution in [2.45, 2.75) is 44.4 Å². The maximum atomic E-state index is 8.91. The van der Waals surface area contributed by atoms with E-state index in [0.29, 0.717) is 18.3 Å². The highest BCUT2D eigenvalue weighted by atomic mass is 14.6. The number of nitriles is 1. The monoisotopic (exact) mass is 214 g/mol. The van der Waals surface area contributed by atoms with Crippen LogP contribution in [0, 0.1) is 17.2 Å². The molecule has 2 nitrogen and oxygen atoms in total. The Morgan fingerprint density at radius 3 is 2.94 bits per heavy atom. The zero-order valence-corrected chi connectivity index (χ0v) is 9.60. The van der Waals surface area contributed by atoms with Crippen LogP contribution >= 0.6 is 0 Å². The Labute approximate surface area is 97.3 Å². The van der Waals surface area contributed by atoms with E-state index in [9.17, 15) is 0 Å². The van der Waals surface area contributed by atoms with E-state index in [1.54, 1.807) is 0 Å². The topological polar surface area (TPSA) is 36.7 Å². The molecule has 1 fully saturated rings. The number of hydrogen-bond donors (Lipinski definition) is 0. The van der Waals surface area contributed by atoms with Gasteiger partial charge in [-0.25, -0.2) is 0 Å². The van der Waals surface area contributed by atoms with Crippen molar-refractivity contribution in [3.63, 3.8) is 0 Å². The predicted molar refractivity (Wildman–Crippen MR) is 63.8 cm³/mol. The molecule has 16 heavy (non-hydrogen) atoms. The van der Waals surface area contributed by atoms with Crippen LogP contribution in [0.5, 0.6) is 0 Å². The van der Waals surface area contributed by atoms with Crippen LogP contribution in [-0.2, 0) is 0 Å². The van der Waals surface area contributed by atoms with Gasteiger partial charge in [0.25, 0.3) is 0 Å². The molecule has 0 amide bonds. The number of aromatic nitrogens is 1. The van der Waals surface area contributed by atoms with Crippen molar-refractivity contribution in [2.75, 3.05) is 0 Å². The molecule has 1 aliphatic carbocycles. The summed E-state index contributed by atoms with van der Waals surface area (Å²) < 4.78 is 0. The molecule has 2 heteroatoms. The number of pyridine rings is 1. The lowest BCUT2D eigenvalue weighted by molar-refractivity contribution is 0.405. The fraction of sp³-hybridized carbons (Fsp3) is 0.571. The van der Waals surface area contributed by atoms with E-state index < -0.39 is 0 Å². The Kier molecular flexibility index (Phi) is 3.93. The average Bonchev–Trinajstić information content (AvgIpc) is 2.56. The van der Waals surface area contributed by atoms with Gasteiger partial charge in [-0.3, -0.25) is 4.98 Å². The van der Waals surface area contributed by atoms with Gasteiger partial charge in [-0.05, 0) is 36.3 Å². The van der Waals surface area contributed by atoms with Gasteiger partial charge in [-0.15, -0.1) is 0 Å². The SMILES string of the molecule is N#CCC1CCCCCC1c1cccnc1. The first-order valence-corrected chi connectivity index (χ1v) is 6.18. The summed E-state index contributed by atoms with van der Waals surface area (Å²) in [4.78, 5) is 4.20. The molecule has 0 bridgehead atoms. The van der Waals surface area contributed by atoms with Crippen LogP contribution in [0.4, 0.5) is 0 Å². The van der Waals surface area contributed by atoms with Gasteiger partial charge in [-0.2, -0.15) is 5.26 Å². The number of rotatable bonds is 2. The third-order valence-corrected chi connectivity index (χ3v) is 3.63. The molecule has 0 aliphatic heterocycles. The van der Waals surface area contributed by atoms with Crippen molar-refractivity contribution in [1.82, 2.24) is 4.98 Å². The van der Waals surface area contributed by atoms with Gasteiger partial charge in [0, 0.05) is 18.8 Å². The fourth-order valence-electron chi connectivity index (χ4n) is 2.78. The highest BCUT2D eigenvalue weighted by Gasteiger charge is 2.24. The zero-order chi connectivity index (χ0) is 11.2. The van der Waals surface area contributed by atoms with Crippen LogP contribution in [0.2, 0.25) is 0 Å². The van der Waals surface area contributed by atoms with E-state index in [1.165, 1.54) is 37.7 Å². The Balaban J connectivity index is 2.18. The van der Waals surface area contributed by atoms with Crippen molar-refractivity contribution in [3.8, 4) is 6.07 Å². The normalized spacial score (nSPS) is 25.7. The van der Waals surface area contributed by atoms with E-state index >= 15 is 0 Å². The largest absolute Gasteiger partial charge is 0.264 e. The van der Waals surface area contributed by atoms with E-state index in [2.05, 4.69) is 17.1 Å². The smallest absolute Gasteiger partial charge is 0.0624 e. The Hall–Kier alpha value is -1.36. The standard InChI is InChI=1S/C14H18N2/c15-9-8-12-5-2-1-3-7-14(12)13-6-4-10-16-11-13/h4,6,10-12,14H,1-3,5,7-8H2. The Morgan fingerprint density at radius 1 is 1.31 bits per heavy atom. The van der Waals surface area contributed by atoms with Gasteiger partial charge in [0.15, 0.2) is 0 Å². The Morgan fingerprint density at radius 2 is 2.19 bits per heavy atom. The van der Waals surface area contributed by atoms with Gasteiger partial charge in [0.1, 0.15) is 0 Å². The highest BCUT2D eigenvalue weighted by Crippen LogP contribution is 2.37. The highest BCUT2D eigenvalue weighted by molar-refractivity contribution is 5.16. The molecule has 0 spiro atoms. The number of hydrogen-bond acceptors (Lipinski definition) is 2. The summed E-state index contributed by atoms with van der Waals surface area (Å²) in [5, 5.41) is 8.91. The van der Waals surface area contributed by atoms with Crippen LogP contribution in [0.3, 0.4) is 0 Å². The molecule has 84 valence electrons. The molecule has 2 rings (SSSR count). The summed E-state index contributed by atoms with van der Waals surface area (Å²) in [6.07, 6.45) is 10.8. The molecule has 2 atom stereocenters. The minimum Gasteiger partial charge on any atom is -0.264 e. The summed E-state index contributed by atoms with van der Waals surface area (Å²) in [6, 6.07) is 6.51. The first kappa shape index (κ1) is 11.1. The second kappa shape index (κ2) is 5.65. The third-order valence-electron chi connectivity index (χ3n) is 3.63. The molecular formula is C14H18N2. The fourth-order valence-corrected chi connectivity index (χ4v) is 2.78. The lowest BCUT2D eigenvalue weighted by Crippen LogP contribution is -2.11. The van der Waals surface area contributed by atoms with Gasteiger partial charge in [0.05, 0.1) is 6.07 Å². The molecule has 1 aromatic heterocycles. The minimum absolute atomic E-state index is 0.539. The first-order valence-electron chi connectivity index (χ1n) is 6.18. The van der Waals surface area contributed by atoms with Gasteiger partial charge in [-0.1, -0.05) is 25.3 Å². The summed E-state index contributed by atoms with van der Waals surface area (Å²) >= 11 is 0. The van der Waals surface area contributed by atoms with Crippen LogP contribution in [0.25, 0.3) is 0 Å². The summed E-state index contributed by atoms with van der Waals surface area (Å²) in [7, 11) is 0. The molecule has 0 saturated heterocycles. The van der Waals surface area contributed by atoms with Gasteiger partial charge >= 0.3 is 0 Å². The molecule has 0 radical (unpaired) electrons. The lowest BCUT2D eigenvalue weighted by Gasteiger charge is -2.22. The second-order valence-electron chi connectivity index (χ2n) is 4.65. The molecule has 1 heterocycles.